The lowest BCUT2D eigenvalue weighted by atomic mass is 10.0. The van der Waals surface area contributed by atoms with E-state index in [9.17, 15) is 0 Å². The average Bonchev–Trinajstić information content (AvgIpc) is 2.60. The van der Waals surface area contributed by atoms with Gasteiger partial charge in [-0.3, -0.25) is 0 Å². The van der Waals surface area contributed by atoms with Crippen LogP contribution in [0.5, 0.6) is 0 Å². The highest BCUT2D eigenvalue weighted by molar-refractivity contribution is 7.17. The Balaban J connectivity index is 2.87. The lowest BCUT2D eigenvalue weighted by molar-refractivity contribution is 1.15. The maximum absolute atomic E-state index is 2.33. The predicted octanol–water partition coefficient (Wildman–Crippen LogP) is 4.08. The van der Waals surface area contributed by atoms with Crippen LogP contribution >= 0.6 is 11.3 Å². The van der Waals surface area contributed by atoms with Crippen LogP contribution in [0.2, 0.25) is 0 Å². The molecule has 68 valence electrons. The number of thiophene rings is 1. The molecule has 0 saturated carbocycles. The molecule has 0 N–H and O–H groups in total. The van der Waals surface area contributed by atoms with Gasteiger partial charge in [-0.05, 0) is 53.8 Å². The van der Waals surface area contributed by atoms with Crippen LogP contribution < -0.4 is 0 Å². The Morgan fingerprint density at radius 2 is 2.08 bits per heavy atom. The number of rotatable bonds is 1. The molecular weight excluding hydrogens is 176 g/mol. The number of hydrogen-bond donors (Lipinski definition) is 0. The fraction of sp³-hybridized carbons (Fsp3) is 0.333. The van der Waals surface area contributed by atoms with Gasteiger partial charge in [0.15, 0.2) is 0 Å². The molecule has 2 rings (SSSR count). The standard InChI is InChI=1S/C12H14S/c1-4-10-7-8(2)9(3)11-5-6-13-12(10)11/h5-7H,4H2,1-3H3. The monoisotopic (exact) mass is 190 g/mol. The fourth-order valence-corrected chi connectivity index (χ4v) is 2.81. The minimum atomic E-state index is 1.14. The quantitative estimate of drug-likeness (QED) is 0.635. The minimum absolute atomic E-state index is 1.14. The lowest BCUT2D eigenvalue weighted by Crippen LogP contribution is -1.87. The van der Waals surface area contributed by atoms with E-state index in [1.54, 1.807) is 0 Å². The summed E-state index contributed by atoms with van der Waals surface area (Å²) in [5.74, 6) is 0. The zero-order chi connectivity index (χ0) is 9.42. The van der Waals surface area contributed by atoms with E-state index < -0.39 is 0 Å². The first-order valence-corrected chi connectivity index (χ1v) is 5.58. The summed E-state index contributed by atoms with van der Waals surface area (Å²) < 4.78 is 1.48. The predicted molar refractivity (Wildman–Crippen MR) is 60.7 cm³/mol. The molecule has 0 aliphatic rings. The first-order valence-electron chi connectivity index (χ1n) is 4.70. The Hall–Kier alpha value is -0.820. The molecule has 1 aromatic heterocycles. The fourth-order valence-electron chi connectivity index (χ4n) is 1.76. The van der Waals surface area contributed by atoms with E-state index in [2.05, 4.69) is 38.3 Å². The Kier molecular flexibility index (Phi) is 2.12. The van der Waals surface area contributed by atoms with E-state index in [0.29, 0.717) is 0 Å². The second-order valence-electron chi connectivity index (χ2n) is 3.49. The van der Waals surface area contributed by atoms with Crippen molar-refractivity contribution in [3.63, 3.8) is 0 Å². The normalized spacial score (nSPS) is 11.0. The minimum Gasteiger partial charge on any atom is -0.144 e. The third-order valence-electron chi connectivity index (χ3n) is 2.72. The molecule has 1 heteroatoms. The zero-order valence-electron chi connectivity index (χ0n) is 8.35. The van der Waals surface area contributed by atoms with E-state index in [1.807, 2.05) is 11.3 Å². The second-order valence-corrected chi connectivity index (χ2v) is 4.41. The van der Waals surface area contributed by atoms with Gasteiger partial charge in [0.25, 0.3) is 0 Å². The zero-order valence-corrected chi connectivity index (χ0v) is 9.16. The molecule has 0 aliphatic heterocycles. The van der Waals surface area contributed by atoms with Gasteiger partial charge in [0.2, 0.25) is 0 Å². The largest absolute Gasteiger partial charge is 0.144 e. The van der Waals surface area contributed by atoms with Crippen LogP contribution in [0, 0.1) is 13.8 Å². The van der Waals surface area contributed by atoms with Crippen molar-refractivity contribution >= 4 is 21.4 Å². The molecule has 13 heavy (non-hydrogen) atoms. The maximum Gasteiger partial charge on any atom is 0.0377 e. The first kappa shape index (κ1) is 8.76. The van der Waals surface area contributed by atoms with E-state index in [4.69, 9.17) is 0 Å². The van der Waals surface area contributed by atoms with E-state index in [0.717, 1.165) is 6.42 Å². The number of benzene rings is 1. The van der Waals surface area contributed by atoms with Crippen molar-refractivity contribution in [3.05, 3.63) is 34.2 Å². The van der Waals surface area contributed by atoms with Gasteiger partial charge >= 0.3 is 0 Å². The molecule has 1 aromatic carbocycles. The summed E-state index contributed by atoms with van der Waals surface area (Å²) in [4.78, 5) is 0. The summed E-state index contributed by atoms with van der Waals surface area (Å²) in [6.45, 7) is 6.64. The molecule has 1 heterocycles. The van der Waals surface area contributed by atoms with Crippen molar-refractivity contribution in [2.24, 2.45) is 0 Å². The number of hydrogen-bond acceptors (Lipinski definition) is 1. The third-order valence-corrected chi connectivity index (χ3v) is 3.71. The molecule has 0 unspecified atom stereocenters. The van der Waals surface area contributed by atoms with Gasteiger partial charge in [-0.1, -0.05) is 13.0 Å². The molecule has 0 fully saturated rings. The smallest absolute Gasteiger partial charge is 0.0377 e. The summed E-state index contributed by atoms with van der Waals surface area (Å²) in [5.41, 5.74) is 4.35. The van der Waals surface area contributed by atoms with Crippen LogP contribution in [0.3, 0.4) is 0 Å². The summed E-state index contributed by atoms with van der Waals surface area (Å²) in [5, 5.41) is 3.64. The van der Waals surface area contributed by atoms with Crippen molar-refractivity contribution in [1.29, 1.82) is 0 Å². The summed E-state index contributed by atoms with van der Waals surface area (Å²) in [6.07, 6.45) is 1.14. The van der Waals surface area contributed by atoms with Crippen molar-refractivity contribution in [1.82, 2.24) is 0 Å². The first-order chi connectivity index (χ1) is 6.24. The Morgan fingerprint density at radius 1 is 1.31 bits per heavy atom. The van der Waals surface area contributed by atoms with Crippen LogP contribution in [0.15, 0.2) is 17.5 Å². The molecule has 0 amide bonds. The van der Waals surface area contributed by atoms with Gasteiger partial charge in [-0.15, -0.1) is 11.3 Å². The van der Waals surface area contributed by atoms with Gasteiger partial charge in [-0.2, -0.15) is 0 Å². The van der Waals surface area contributed by atoms with Crippen molar-refractivity contribution < 1.29 is 0 Å². The van der Waals surface area contributed by atoms with Gasteiger partial charge in [0, 0.05) is 4.70 Å². The van der Waals surface area contributed by atoms with Gasteiger partial charge in [-0.25, -0.2) is 0 Å². The Bertz CT molecular complexity index is 438. The van der Waals surface area contributed by atoms with Crippen molar-refractivity contribution in [3.8, 4) is 0 Å². The Morgan fingerprint density at radius 3 is 2.77 bits per heavy atom. The summed E-state index contributed by atoms with van der Waals surface area (Å²) in [7, 11) is 0. The third kappa shape index (κ3) is 1.28. The van der Waals surface area contributed by atoms with E-state index in [1.165, 1.54) is 26.8 Å². The molecule has 0 nitrogen and oxygen atoms in total. The van der Waals surface area contributed by atoms with Gasteiger partial charge in [0.05, 0.1) is 0 Å². The van der Waals surface area contributed by atoms with Crippen LogP contribution in [-0.4, -0.2) is 0 Å². The molecule has 0 atom stereocenters. The van der Waals surface area contributed by atoms with Crippen LogP contribution in [0.1, 0.15) is 23.6 Å². The molecule has 0 aliphatic carbocycles. The van der Waals surface area contributed by atoms with Gasteiger partial charge in [0.1, 0.15) is 0 Å². The van der Waals surface area contributed by atoms with Gasteiger partial charge < -0.3 is 0 Å². The van der Waals surface area contributed by atoms with E-state index >= 15 is 0 Å². The molecule has 0 spiro atoms. The molecule has 0 radical (unpaired) electrons. The Labute approximate surface area is 83.2 Å². The SMILES string of the molecule is CCc1cc(C)c(C)c2ccsc12. The number of fused-ring (bicyclic) bond motifs is 1. The molecule has 0 bridgehead atoms. The van der Waals surface area contributed by atoms with E-state index in [-0.39, 0.29) is 0 Å². The highest BCUT2D eigenvalue weighted by Gasteiger charge is 2.05. The molecular formula is C12H14S. The second kappa shape index (κ2) is 3.15. The summed E-state index contributed by atoms with van der Waals surface area (Å²) >= 11 is 1.86. The van der Waals surface area contributed by atoms with Crippen LogP contribution in [0.25, 0.3) is 10.1 Å². The summed E-state index contributed by atoms with van der Waals surface area (Å²) in [6, 6.07) is 4.57. The molecule has 0 saturated heterocycles. The maximum atomic E-state index is 2.33. The van der Waals surface area contributed by atoms with Crippen LogP contribution in [-0.2, 0) is 6.42 Å². The number of aryl methyl sites for hydroxylation is 3. The lowest BCUT2D eigenvalue weighted by Gasteiger charge is -2.06. The van der Waals surface area contributed by atoms with Crippen molar-refractivity contribution in [2.75, 3.05) is 0 Å². The van der Waals surface area contributed by atoms with Crippen LogP contribution in [0.4, 0.5) is 0 Å². The molecule has 2 aromatic rings. The highest BCUT2D eigenvalue weighted by Crippen LogP contribution is 2.30. The highest BCUT2D eigenvalue weighted by atomic mass is 32.1. The topological polar surface area (TPSA) is 0 Å². The van der Waals surface area contributed by atoms with Crippen molar-refractivity contribution in [2.45, 2.75) is 27.2 Å². The average molecular weight is 190 g/mol.